The van der Waals surface area contributed by atoms with Crippen molar-refractivity contribution in [3.63, 3.8) is 0 Å². The zero-order valence-electron chi connectivity index (χ0n) is 21.9. The zero-order chi connectivity index (χ0) is 24.7. The fraction of sp³-hybridized carbons (Fsp3) is 0.893. The van der Waals surface area contributed by atoms with E-state index in [2.05, 4.69) is 13.8 Å². The summed E-state index contributed by atoms with van der Waals surface area (Å²) in [5.41, 5.74) is 0.516. The summed E-state index contributed by atoms with van der Waals surface area (Å²) < 4.78 is 11.0. The van der Waals surface area contributed by atoms with Crippen LogP contribution in [0.1, 0.15) is 91.9 Å². The minimum Gasteiger partial charge on any atom is -0.432 e. The van der Waals surface area contributed by atoms with E-state index in [4.69, 9.17) is 9.47 Å². The first-order chi connectivity index (χ1) is 16.1. The Morgan fingerprint density at radius 1 is 0.941 bits per heavy atom. The average Bonchev–Trinajstić information content (AvgIpc) is 3.16. The molecule has 0 unspecified atom stereocenters. The van der Waals surface area contributed by atoms with Gasteiger partial charge in [-0.2, -0.15) is 0 Å². The number of amides is 1. The van der Waals surface area contributed by atoms with E-state index in [9.17, 15) is 14.4 Å². The number of hydrogen-bond donors (Lipinski definition) is 0. The largest absolute Gasteiger partial charge is 0.508 e. The van der Waals surface area contributed by atoms with E-state index in [1.807, 2.05) is 6.92 Å². The molecule has 0 bridgehead atoms. The van der Waals surface area contributed by atoms with Gasteiger partial charge >= 0.3 is 6.16 Å². The third kappa shape index (κ3) is 4.51. The fourth-order valence-electron chi connectivity index (χ4n) is 8.82. The number of hydrogen-bond acceptors (Lipinski definition) is 5. The van der Waals surface area contributed by atoms with Gasteiger partial charge < -0.3 is 14.4 Å². The van der Waals surface area contributed by atoms with Crippen LogP contribution in [-0.2, 0) is 19.1 Å². The summed E-state index contributed by atoms with van der Waals surface area (Å²) >= 11 is 0. The normalized spacial score (nSPS) is 41.0. The van der Waals surface area contributed by atoms with Crippen LogP contribution < -0.4 is 0 Å². The number of carbonyl (C=O) groups is 3. The van der Waals surface area contributed by atoms with Crippen LogP contribution in [0.4, 0.5) is 4.79 Å². The zero-order valence-corrected chi connectivity index (χ0v) is 21.9. The summed E-state index contributed by atoms with van der Waals surface area (Å²) in [7, 11) is 1.72. The highest BCUT2D eigenvalue weighted by Gasteiger charge is 2.60. The third-order valence-corrected chi connectivity index (χ3v) is 10.7. The van der Waals surface area contributed by atoms with Gasteiger partial charge in [-0.1, -0.05) is 20.8 Å². The first-order valence-electron chi connectivity index (χ1n) is 13.7. The van der Waals surface area contributed by atoms with Gasteiger partial charge in [0.2, 0.25) is 5.91 Å². The van der Waals surface area contributed by atoms with Gasteiger partial charge in [0.25, 0.3) is 0 Å². The Morgan fingerprint density at radius 3 is 2.35 bits per heavy atom. The Bertz CT molecular complexity index is 798. The lowest BCUT2D eigenvalue weighted by Crippen LogP contribution is -2.54. The molecule has 192 valence electrons. The number of Topliss-reactive ketones (excluding diaryl/α,β-unsaturated/α-hetero) is 1. The van der Waals surface area contributed by atoms with Gasteiger partial charge in [-0.15, -0.1) is 0 Å². The molecule has 34 heavy (non-hydrogen) atoms. The van der Waals surface area contributed by atoms with Crippen LogP contribution >= 0.6 is 0 Å². The molecule has 4 rings (SSSR count). The number of fused-ring (bicyclic) bond motifs is 5. The van der Waals surface area contributed by atoms with Crippen molar-refractivity contribution in [1.82, 2.24) is 4.90 Å². The highest BCUT2D eigenvalue weighted by atomic mass is 16.7. The Morgan fingerprint density at radius 2 is 1.65 bits per heavy atom. The van der Waals surface area contributed by atoms with Crippen molar-refractivity contribution in [2.45, 2.75) is 98.0 Å². The van der Waals surface area contributed by atoms with Gasteiger partial charge in [-0.25, -0.2) is 4.79 Å². The molecule has 4 saturated carbocycles. The van der Waals surface area contributed by atoms with E-state index in [-0.39, 0.29) is 30.0 Å². The second kappa shape index (κ2) is 9.81. The van der Waals surface area contributed by atoms with Crippen LogP contribution in [-0.4, -0.2) is 49.0 Å². The molecule has 4 aliphatic carbocycles. The minimum absolute atomic E-state index is 0.0385. The molecule has 0 N–H and O–H groups in total. The summed E-state index contributed by atoms with van der Waals surface area (Å²) in [5, 5.41) is 0. The summed E-state index contributed by atoms with van der Waals surface area (Å²) in [4.78, 5) is 37.8. The number of carbonyl (C=O) groups excluding carboxylic acids is 3. The van der Waals surface area contributed by atoms with Gasteiger partial charge in [-0.05, 0) is 99.2 Å². The summed E-state index contributed by atoms with van der Waals surface area (Å²) in [6.07, 6.45) is 9.90. The van der Waals surface area contributed by atoms with Crippen LogP contribution in [0, 0.1) is 40.4 Å². The SMILES string of the molecule is CCC(=O)N(C)CCOC(=O)O[C@@H]1CC[C@@]2(C)[C@@H](CC[C@@H]3[C@@H]2CC[C@]2(C)[C@@H](C(C)=O)CC[C@@H]32)C1. The van der Waals surface area contributed by atoms with E-state index in [1.165, 1.54) is 32.1 Å². The van der Waals surface area contributed by atoms with E-state index < -0.39 is 6.16 Å². The predicted octanol–water partition coefficient (Wildman–Crippen LogP) is 5.62. The van der Waals surface area contributed by atoms with Gasteiger partial charge in [0.05, 0.1) is 6.54 Å². The number of nitrogens with zero attached hydrogens (tertiary/aromatic N) is 1. The van der Waals surface area contributed by atoms with E-state index in [1.54, 1.807) is 18.9 Å². The molecule has 0 saturated heterocycles. The molecular formula is C28H45NO5. The number of ketones is 1. The number of likely N-dealkylation sites (N-methyl/N-ethyl adjacent to an activating group) is 1. The highest BCUT2D eigenvalue weighted by molar-refractivity contribution is 5.79. The molecule has 0 radical (unpaired) electrons. The predicted molar refractivity (Wildman–Crippen MR) is 130 cm³/mol. The Labute approximate surface area is 205 Å². The lowest BCUT2D eigenvalue weighted by molar-refractivity contribution is -0.140. The van der Waals surface area contributed by atoms with Crippen molar-refractivity contribution < 1.29 is 23.9 Å². The molecular weight excluding hydrogens is 430 g/mol. The Hall–Kier alpha value is -1.59. The molecule has 0 aromatic heterocycles. The molecule has 8 atom stereocenters. The molecule has 0 aliphatic heterocycles. The summed E-state index contributed by atoms with van der Waals surface area (Å²) in [5.74, 6) is 3.46. The Balaban J connectivity index is 1.31. The topological polar surface area (TPSA) is 72.9 Å². The van der Waals surface area contributed by atoms with Gasteiger partial charge in [-0.3, -0.25) is 9.59 Å². The summed E-state index contributed by atoms with van der Waals surface area (Å²) in [6, 6.07) is 0. The first kappa shape index (κ1) is 25.5. The standard InChI is InChI=1S/C28H45NO5/c1-6-25(31)29(5)15-16-33-26(32)34-20-11-13-27(3)19(17-20)7-8-21-23-10-9-22(18(2)30)28(23,4)14-12-24(21)27/h19-24H,6-17H2,1-5H3/t19-,20+,21-,22+,23-,24-,27-,28+/m0/s1. The molecule has 0 aromatic carbocycles. The molecule has 6 nitrogen and oxygen atoms in total. The van der Waals surface area contributed by atoms with E-state index in [0.29, 0.717) is 36.0 Å². The molecule has 0 heterocycles. The number of rotatable bonds is 6. The van der Waals surface area contributed by atoms with Crippen molar-refractivity contribution in [1.29, 1.82) is 0 Å². The maximum absolute atomic E-state index is 12.4. The van der Waals surface area contributed by atoms with Crippen molar-refractivity contribution >= 4 is 17.8 Å². The van der Waals surface area contributed by atoms with Crippen LogP contribution in [0.5, 0.6) is 0 Å². The quantitative estimate of drug-likeness (QED) is 0.466. The van der Waals surface area contributed by atoms with Crippen molar-refractivity contribution in [3.8, 4) is 0 Å². The highest BCUT2D eigenvalue weighted by Crippen LogP contribution is 2.67. The van der Waals surface area contributed by atoms with Gasteiger partial charge in [0.15, 0.2) is 0 Å². The van der Waals surface area contributed by atoms with Crippen LogP contribution in [0.2, 0.25) is 0 Å². The monoisotopic (exact) mass is 475 g/mol. The molecule has 4 aliphatic rings. The van der Waals surface area contributed by atoms with Crippen molar-refractivity contribution in [2.75, 3.05) is 20.2 Å². The lowest BCUT2D eigenvalue weighted by Gasteiger charge is -2.61. The average molecular weight is 476 g/mol. The number of ether oxygens (including phenoxy) is 2. The van der Waals surface area contributed by atoms with Crippen molar-refractivity contribution in [3.05, 3.63) is 0 Å². The Kier molecular flexibility index (Phi) is 7.36. The minimum atomic E-state index is -0.603. The summed E-state index contributed by atoms with van der Waals surface area (Å²) in [6.45, 7) is 9.09. The second-order valence-corrected chi connectivity index (χ2v) is 12.2. The van der Waals surface area contributed by atoms with Gasteiger partial charge in [0.1, 0.15) is 18.5 Å². The molecule has 0 aromatic rings. The van der Waals surface area contributed by atoms with Crippen LogP contribution in [0.15, 0.2) is 0 Å². The molecule has 1 amide bonds. The lowest BCUT2D eigenvalue weighted by atomic mass is 9.44. The molecule has 4 fully saturated rings. The first-order valence-corrected chi connectivity index (χ1v) is 13.7. The second-order valence-electron chi connectivity index (χ2n) is 12.2. The van der Waals surface area contributed by atoms with Gasteiger partial charge in [0, 0.05) is 19.4 Å². The van der Waals surface area contributed by atoms with E-state index >= 15 is 0 Å². The maximum Gasteiger partial charge on any atom is 0.508 e. The van der Waals surface area contributed by atoms with Crippen LogP contribution in [0.3, 0.4) is 0 Å². The van der Waals surface area contributed by atoms with E-state index in [0.717, 1.165) is 37.5 Å². The third-order valence-electron chi connectivity index (χ3n) is 10.7. The molecule has 6 heteroatoms. The fourth-order valence-corrected chi connectivity index (χ4v) is 8.82. The smallest absolute Gasteiger partial charge is 0.432 e. The maximum atomic E-state index is 12.4. The molecule has 0 spiro atoms. The van der Waals surface area contributed by atoms with Crippen LogP contribution in [0.25, 0.3) is 0 Å². The van der Waals surface area contributed by atoms with Crippen molar-refractivity contribution in [2.24, 2.45) is 40.4 Å².